The summed E-state index contributed by atoms with van der Waals surface area (Å²) in [5.74, 6) is -0.271. The van der Waals surface area contributed by atoms with E-state index in [1.807, 2.05) is 30.3 Å². The smallest absolute Gasteiger partial charge is 0.269 e. The molecule has 0 bridgehead atoms. The molecule has 1 aromatic heterocycles. The minimum absolute atomic E-state index is 0.213. The first-order valence-electron chi connectivity index (χ1n) is 6.17. The van der Waals surface area contributed by atoms with E-state index in [0.29, 0.717) is 12.1 Å². The summed E-state index contributed by atoms with van der Waals surface area (Å²) in [6, 6.07) is 14.8. The van der Waals surface area contributed by atoms with Crippen molar-refractivity contribution in [2.24, 2.45) is 0 Å². The molecule has 4 nitrogen and oxygen atoms in total. The van der Waals surface area contributed by atoms with Crippen molar-refractivity contribution < 1.29 is 9.90 Å². The summed E-state index contributed by atoms with van der Waals surface area (Å²) in [4.78, 5) is 15.7. The van der Waals surface area contributed by atoms with Gasteiger partial charge in [-0.1, -0.05) is 36.4 Å². The van der Waals surface area contributed by atoms with E-state index < -0.39 is 6.10 Å². The summed E-state index contributed by atoms with van der Waals surface area (Å²) >= 11 is 0. The van der Waals surface area contributed by atoms with Gasteiger partial charge in [0, 0.05) is 19.2 Å². The van der Waals surface area contributed by atoms with Crippen molar-refractivity contribution in [3.05, 3.63) is 66.0 Å². The SMILES string of the molecule is O=C(NCC(O)Cc1ccccc1)c1ccccn1. The van der Waals surface area contributed by atoms with Crippen LogP contribution in [-0.2, 0) is 6.42 Å². The average molecular weight is 256 g/mol. The van der Waals surface area contributed by atoms with Crippen LogP contribution in [0.1, 0.15) is 16.1 Å². The zero-order valence-electron chi connectivity index (χ0n) is 10.5. The van der Waals surface area contributed by atoms with Gasteiger partial charge in [-0.2, -0.15) is 0 Å². The largest absolute Gasteiger partial charge is 0.391 e. The monoisotopic (exact) mass is 256 g/mol. The Kier molecular flexibility index (Phi) is 4.64. The topological polar surface area (TPSA) is 62.2 Å². The van der Waals surface area contributed by atoms with E-state index in [0.717, 1.165) is 5.56 Å². The molecule has 1 atom stereocenters. The molecule has 0 radical (unpaired) electrons. The van der Waals surface area contributed by atoms with E-state index >= 15 is 0 Å². The molecule has 1 aromatic carbocycles. The van der Waals surface area contributed by atoms with Gasteiger partial charge in [-0.25, -0.2) is 0 Å². The van der Waals surface area contributed by atoms with Crippen LogP contribution < -0.4 is 5.32 Å². The van der Waals surface area contributed by atoms with Crippen molar-refractivity contribution in [2.45, 2.75) is 12.5 Å². The Morgan fingerprint density at radius 3 is 2.58 bits per heavy atom. The van der Waals surface area contributed by atoms with Gasteiger partial charge in [-0.15, -0.1) is 0 Å². The van der Waals surface area contributed by atoms with Crippen molar-refractivity contribution in [1.82, 2.24) is 10.3 Å². The fourth-order valence-electron chi connectivity index (χ4n) is 1.76. The van der Waals surface area contributed by atoms with Gasteiger partial charge in [-0.05, 0) is 17.7 Å². The molecule has 1 heterocycles. The number of hydrogen-bond acceptors (Lipinski definition) is 3. The lowest BCUT2D eigenvalue weighted by Crippen LogP contribution is -2.33. The van der Waals surface area contributed by atoms with E-state index in [2.05, 4.69) is 10.3 Å². The number of pyridine rings is 1. The first kappa shape index (κ1) is 13.2. The van der Waals surface area contributed by atoms with Crippen molar-refractivity contribution in [3.8, 4) is 0 Å². The highest BCUT2D eigenvalue weighted by atomic mass is 16.3. The molecule has 2 N–H and O–H groups in total. The summed E-state index contributed by atoms with van der Waals surface area (Å²) < 4.78 is 0. The Morgan fingerprint density at radius 2 is 1.89 bits per heavy atom. The van der Waals surface area contributed by atoms with Gasteiger partial charge < -0.3 is 10.4 Å². The second-order valence-corrected chi connectivity index (χ2v) is 4.27. The summed E-state index contributed by atoms with van der Waals surface area (Å²) in [7, 11) is 0. The lowest BCUT2D eigenvalue weighted by Gasteiger charge is -2.11. The fourth-order valence-corrected chi connectivity index (χ4v) is 1.76. The molecular weight excluding hydrogens is 240 g/mol. The van der Waals surface area contributed by atoms with Crippen LogP contribution in [-0.4, -0.2) is 28.6 Å². The van der Waals surface area contributed by atoms with Crippen LogP contribution in [0.3, 0.4) is 0 Å². The molecule has 19 heavy (non-hydrogen) atoms. The molecule has 0 aliphatic heterocycles. The van der Waals surface area contributed by atoms with Gasteiger partial charge in [0.1, 0.15) is 5.69 Å². The second kappa shape index (κ2) is 6.66. The summed E-state index contributed by atoms with van der Waals surface area (Å²) in [6.07, 6.45) is 1.48. The van der Waals surface area contributed by atoms with Gasteiger partial charge in [0.15, 0.2) is 0 Å². The van der Waals surface area contributed by atoms with Crippen LogP contribution in [0.4, 0.5) is 0 Å². The Balaban J connectivity index is 1.81. The Hall–Kier alpha value is -2.20. The zero-order chi connectivity index (χ0) is 13.5. The quantitative estimate of drug-likeness (QED) is 0.850. The second-order valence-electron chi connectivity index (χ2n) is 4.27. The van der Waals surface area contributed by atoms with Crippen LogP contribution in [0, 0.1) is 0 Å². The minimum Gasteiger partial charge on any atom is -0.391 e. The first-order chi connectivity index (χ1) is 9.25. The van der Waals surface area contributed by atoms with Crippen LogP contribution in [0.25, 0.3) is 0 Å². The summed E-state index contributed by atoms with van der Waals surface area (Å²) in [5, 5.41) is 12.5. The maximum atomic E-state index is 11.7. The predicted octanol–water partition coefficient (Wildman–Crippen LogP) is 1.41. The first-order valence-corrected chi connectivity index (χ1v) is 6.17. The molecule has 0 spiro atoms. The highest BCUT2D eigenvalue weighted by molar-refractivity contribution is 5.92. The number of aliphatic hydroxyl groups excluding tert-OH is 1. The lowest BCUT2D eigenvalue weighted by atomic mass is 10.1. The highest BCUT2D eigenvalue weighted by Crippen LogP contribution is 2.02. The highest BCUT2D eigenvalue weighted by Gasteiger charge is 2.10. The van der Waals surface area contributed by atoms with Crippen molar-refractivity contribution in [2.75, 3.05) is 6.54 Å². The third-order valence-electron chi connectivity index (χ3n) is 2.71. The number of carbonyl (C=O) groups is 1. The predicted molar refractivity (Wildman–Crippen MR) is 72.7 cm³/mol. The molecule has 98 valence electrons. The Labute approximate surface area is 112 Å². The number of amides is 1. The molecule has 1 unspecified atom stereocenters. The number of carbonyl (C=O) groups excluding carboxylic acids is 1. The molecule has 0 aliphatic carbocycles. The van der Waals surface area contributed by atoms with Gasteiger partial charge in [0.2, 0.25) is 0 Å². The van der Waals surface area contributed by atoms with Crippen molar-refractivity contribution in [3.63, 3.8) is 0 Å². The summed E-state index contributed by atoms with van der Waals surface area (Å²) in [6.45, 7) is 0.213. The zero-order valence-corrected chi connectivity index (χ0v) is 10.5. The van der Waals surface area contributed by atoms with Crippen LogP contribution in [0.5, 0.6) is 0 Å². The van der Waals surface area contributed by atoms with Crippen LogP contribution in [0.15, 0.2) is 54.7 Å². The summed E-state index contributed by atoms with van der Waals surface area (Å²) in [5.41, 5.74) is 1.40. The van der Waals surface area contributed by atoms with Gasteiger partial charge in [0.05, 0.1) is 6.10 Å². The molecular formula is C15H16N2O2. The van der Waals surface area contributed by atoms with E-state index in [1.54, 1.807) is 24.4 Å². The third kappa shape index (κ3) is 4.19. The van der Waals surface area contributed by atoms with Gasteiger partial charge in [0.25, 0.3) is 5.91 Å². The maximum absolute atomic E-state index is 11.7. The fraction of sp³-hybridized carbons (Fsp3) is 0.200. The van der Waals surface area contributed by atoms with Gasteiger partial charge in [-0.3, -0.25) is 9.78 Å². The van der Waals surface area contributed by atoms with E-state index in [9.17, 15) is 9.90 Å². The number of aromatic nitrogens is 1. The van der Waals surface area contributed by atoms with Crippen molar-refractivity contribution >= 4 is 5.91 Å². The van der Waals surface area contributed by atoms with E-state index in [1.165, 1.54) is 0 Å². The molecule has 0 aliphatic rings. The number of aliphatic hydroxyl groups is 1. The average Bonchev–Trinajstić information content (AvgIpc) is 2.47. The number of nitrogens with one attached hydrogen (secondary N) is 1. The number of hydrogen-bond donors (Lipinski definition) is 2. The molecule has 4 heteroatoms. The van der Waals surface area contributed by atoms with Gasteiger partial charge >= 0.3 is 0 Å². The number of benzene rings is 1. The minimum atomic E-state index is -0.602. The Bertz CT molecular complexity index is 514. The number of nitrogens with zero attached hydrogens (tertiary/aromatic N) is 1. The molecule has 2 aromatic rings. The third-order valence-corrected chi connectivity index (χ3v) is 2.71. The molecule has 0 saturated carbocycles. The molecule has 1 amide bonds. The van der Waals surface area contributed by atoms with Crippen LogP contribution >= 0.6 is 0 Å². The van der Waals surface area contributed by atoms with Crippen molar-refractivity contribution in [1.29, 1.82) is 0 Å². The van der Waals surface area contributed by atoms with E-state index in [-0.39, 0.29) is 12.5 Å². The van der Waals surface area contributed by atoms with Crippen LogP contribution in [0.2, 0.25) is 0 Å². The lowest BCUT2D eigenvalue weighted by molar-refractivity contribution is 0.0911. The number of rotatable bonds is 5. The molecule has 0 fully saturated rings. The van der Waals surface area contributed by atoms with E-state index in [4.69, 9.17) is 0 Å². The molecule has 2 rings (SSSR count). The Morgan fingerprint density at radius 1 is 1.16 bits per heavy atom. The molecule has 0 saturated heterocycles. The standard InChI is InChI=1S/C15H16N2O2/c18-13(10-12-6-2-1-3-7-12)11-17-15(19)14-8-4-5-9-16-14/h1-9,13,18H,10-11H2,(H,17,19). The normalized spacial score (nSPS) is 11.8. The maximum Gasteiger partial charge on any atom is 0.269 e.